The summed E-state index contributed by atoms with van der Waals surface area (Å²) in [6.07, 6.45) is 2.43. The van der Waals surface area contributed by atoms with Crippen molar-refractivity contribution in [2.45, 2.75) is 25.8 Å². The summed E-state index contributed by atoms with van der Waals surface area (Å²) in [5, 5.41) is 9.94. The van der Waals surface area contributed by atoms with Crippen molar-refractivity contribution in [3.05, 3.63) is 48.0 Å². The van der Waals surface area contributed by atoms with Gasteiger partial charge in [0.2, 0.25) is 0 Å². The lowest BCUT2D eigenvalue weighted by atomic mass is 10.1. The molecule has 0 amide bonds. The molecule has 1 fully saturated rings. The van der Waals surface area contributed by atoms with E-state index in [1.807, 2.05) is 25.1 Å². The zero-order valence-electron chi connectivity index (χ0n) is 11.4. The van der Waals surface area contributed by atoms with Gasteiger partial charge in [0, 0.05) is 17.2 Å². The maximum absolute atomic E-state index is 9.94. The van der Waals surface area contributed by atoms with Crippen LogP contribution in [-0.2, 0) is 0 Å². The summed E-state index contributed by atoms with van der Waals surface area (Å²) in [6, 6.07) is 14.5. The number of para-hydroxylation sites is 2. The van der Waals surface area contributed by atoms with Gasteiger partial charge >= 0.3 is 0 Å². The SMILES string of the molecule is Cc1c(O)cccc1-c1nc2ccccc2n1C1CC1. The van der Waals surface area contributed by atoms with Crippen LogP contribution < -0.4 is 0 Å². The average molecular weight is 264 g/mol. The van der Waals surface area contributed by atoms with Crippen molar-refractivity contribution >= 4 is 11.0 Å². The number of phenols is 1. The molecule has 0 bridgehead atoms. The van der Waals surface area contributed by atoms with Gasteiger partial charge in [0.25, 0.3) is 0 Å². The predicted molar refractivity (Wildman–Crippen MR) is 79.8 cm³/mol. The maximum atomic E-state index is 9.94. The fourth-order valence-corrected chi connectivity index (χ4v) is 2.80. The fraction of sp³-hybridized carbons (Fsp3) is 0.235. The molecule has 1 heterocycles. The van der Waals surface area contributed by atoms with E-state index in [-0.39, 0.29) is 0 Å². The van der Waals surface area contributed by atoms with E-state index in [0.717, 1.165) is 22.5 Å². The van der Waals surface area contributed by atoms with Crippen molar-refractivity contribution in [3.8, 4) is 17.1 Å². The molecule has 1 N–H and O–H groups in total. The van der Waals surface area contributed by atoms with Crippen LogP contribution in [0, 0.1) is 6.92 Å². The molecular weight excluding hydrogens is 248 g/mol. The highest BCUT2D eigenvalue weighted by molar-refractivity contribution is 5.82. The summed E-state index contributed by atoms with van der Waals surface area (Å²) in [4.78, 5) is 4.80. The van der Waals surface area contributed by atoms with Crippen molar-refractivity contribution in [1.82, 2.24) is 9.55 Å². The molecule has 3 aromatic rings. The van der Waals surface area contributed by atoms with Gasteiger partial charge in [0.15, 0.2) is 0 Å². The second kappa shape index (κ2) is 4.10. The lowest BCUT2D eigenvalue weighted by Crippen LogP contribution is -1.98. The smallest absolute Gasteiger partial charge is 0.141 e. The highest BCUT2D eigenvalue weighted by Crippen LogP contribution is 2.42. The molecule has 0 saturated heterocycles. The molecule has 1 saturated carbocycles. The summed E-state index contributed by atoms with van der Waals surface area (Å²) in [7, 11) is 0. The first-order valence-electron chi connectivity index (χ1n) is 7.01. The zero-order chi connectivity index (χ0) is 13.7. The molecule has 1 aliphatic rings. The molecule has 0 atom stereocenters. The number of rotatable bonds is 2. The van der Waals surface area contributed by atoms with Crippen LogP contribution in [0.4, 0.5) is 0 Å². The van der Waals surface area contributed by atoms with Gasteiger partial charge in [-0.3, -0.25) is 0 Å². The molecule has 2 aromatic carbocycles. The Balaban J connectivity index is 2.04. The number of hydrogen-bond acceptors (Lipinski definition) is 2. The van der Waals surface area contributed by atoms with Crippen molar-refractivity contribution in [2.75, 3.05) is 0 Å². The molecule has 0 aliphatic heterocycles. The Kier molecular flexibility index (Phi) is 2.36. The van der Waals surface area contributed by atoms with E-state index in [9.17, 15) is 5.11 Å². The van der Waals surface area contributed by atoms with Crippen molar-refractivity contribution in [3.63, 3.8) is 0 Å². The van der Waals surface area contributed by atoms with E-state index in [4.69, 9.17) is 4.98 Å². The Morgan fingerprint density at radius 2 is 1.90 bits per heavy atom. The van der Waals surface area contributed by atoms with Crippen LogP contribution in [0.5, 0.6) is 5.75 Å². The monoisotopic (exact) mass is 264 g/mol. The lowest BCUT2D eigenvalue weighted by Gasteiger charge is -2.10. The molecular formula is C17H16N2O. The highest BCUT2D eigenvalue weighted by Gasteiger charge is 2.29. The Morgan fingerprint density at radius 1 is 1.10 bits per heavy atom. The Morgan fingerprint density at radius 3 is 2.70 bits per heavy atom. The molecule has 1 aromatic heterocycles. The first kappa shape index (κ1) is 11.5. The van der Waals surface area contributed by atoms with Crippen molar-refractivity contribution in [2.24, 2.45) is 0 Å². The predicted octanol–water partition coefficient (Wildman–Crippen LogP) is 4.05. The maximum Gasteiger partial charge on any atom is 0.141 e. The van der Waals surface area contributed by atoms with Gasteiger partial charge in [-0.05, 0) is 38.0 Å². The minimum Gasteiger partial charge on any atom is -0.508 e. The van der Waals surface area contributed by atoms with E-state index in [1.165, 1.54) is 18.4 Å². The van der Waals surface area contributed by atoms with Crippen molar-refractivity contribution in [1.29, 1.82) is 0 Å². The van der Waals surface area contributed by atoms with E-state index < -0.39 is 0 Å². The van der Waals surface area contributed by atoms with Gasteiger partial charge in [0.1, 0.15) is 11.6 Å². The number of fused-ring (bicyclic) bond motifs is 1. The summed E-state index contributed by atoms with van der Waals surface area (Å²) >= 11 is 0. The van der Waals surface area contributed by atoms with E-state index in [0.29, 0.717) is 11.8 Å². The molecule has 3 heteroatoms. The second-order valence-electron chi connectivity index (χ2n) is 5.47. The molecule has 20 heavy (non-hydrogen) atoms. The average Bonchev–Trinajstić information content (AvgIpc) is 3.22. The number of phenolic OH excluding ortho intramolecular Hbond substituents is 1. The number of imidazole rings is 1. The van der Waals surface area contributed by atoms with Gasteiger partial charge in [-0.25, -0.2) is 4.98 Å². The van der Waals surface area contributed by atoms with Crippen molar-refractivity contribution < 1.29 is 5.11 Å². The molecule has 3 nitrogen and oxygen atoms in total. The third kappa shape index (κ3) is 1.63. The number of hydrogen-bond donors (Lipinski definition) is 1. The van der Waals surface area contributed by atoms with E-state index in [1.54, 1.807) is 6.07 Å². The van der Waals surface area contributed by atoms with Crippen LogP contribution in [0.3, 0.4) is 0 Å². The third-order valence-electron chi connectivity index (χ3n) is 4.05. The Bertz CT molecular complexity index is 800. The number of aromatic hydroxyl groups is 1. The lowest BCUT2D eigenvalue weighted by molar-refractivity contribution is 0.471. The Labute approximate surface area is 117 Å². The zero-order valence-corrected chi connectivity index (χ0v) is 11.4. The molecule has 0 unspecified atom stereocenters. The number of benzene rings is 2. The second-order valence-corrected chi connectivity index (χ2v) is 5.47. The van der Waals surface area contributed by atoms with Crippen LogP contribution in [0.15, 0.2) is 42.5 Å². The van der Waals surface area contributed by atoms with Crippen LogP contribution in [0.2, 0.25) is 0 Å². The molecule has 4 rings (SSSR count). The highest BCUT2D eigenvalue weighted by atomic mass is 16.3. The molecule has 100 valence electrons. The molecule has 1 aliphatic carbocycles. The third-order valence-corrected chi connectivity index (χ3v) is 4.05. The van der Waals surface area contributed by atoms with E-state index >= 15 is 0 Å². The minimum atomic E-state index is 0.330. The van der Waals surface area contributed by atoms with Crippen LogP contribution in [0.1, 0.15) is 24.4 Å². The van der Waals surface area contributed by atoms with Crippen LogP contribution >= 0.6 is 0 Å². The molecule has 0 radical (unpaired) electrons. The topological polar surface area (TPSA) is 38.1 Å². The molecule has 0 spiro atoms. The Hall–Kier alpha value is -2.29. The van der Waals surface area contributed by atoms with Crippen LogP contribution in [-0.4, -0.2) is 14.7 Å². The largest absolute Gasteiger partial charge is 0.508 e. The summed E-state index contributed by atoms with van der Waals surface area (Å²) in [5.74, 6) is 1.30. The number of nitrogens with zero attached hydrogens (tertiary/aromatic N) is 2. The quantitative estimate of drug-likeness (QED) is 0.758. The summed E-state index contributed by atoms with van der Waals surface area (Å²) in [6.45, 7) is 1.95. The van der Waals surface area contributed by atoms with Crippen LogP contribution in [0.25, 0.3) is 22.4 Å². The summed E-state index contributed by atoms with van der Waals surface area (Å²) < 4.78 is 2.33. The van der Waals surface area contributed by atoms with Gasteiger partial charge in [-0.1, -0.05) is 24.3 Å². The summed E-state index contributed by atoms with van der Waals surface area (Å²) in [5.41, 5.74) is 4.13. The fourth-order valence-electron chi connectivity index (χ4n) is 2.80. The van der Waals surface area contributed by atoms with Gasteiger partial charge in [0.05, 0.1) is 11.0 Å². The van der Waals surface area contributed by atoms with Gasteiger partial charge in [-0.15, -0.1) is 0 Å². The normalized spacial score (nSPS) is 14.8. The first-order valence-corrected chi connectivity index (χ1v) is 7.01. The van der Waals surface area contributed by atoms with E-state index in [2.05, 4.69) is 22.8 Å². The minimum absolute atomic E-state index is 0.330. The van der Waals surface area contributed by atoms with Gasteiger partial charge < -0.3 is 9.67 Å². The van der Waals surface area contributed by atoms with Gasteiger partial charge in [-0.2, -0.15) is 0 Å². The number of aromatic nitrogens is 2. The standard InChI is InChI=1S/C17H16N2O/c1-11-13(5-4-8-16(11)20)17-18-14-6-2-3-7-15(14)19(17)12-9-10-12/h2-8,12,20H,9-10H2,1H3. The first-order chi connectivity index (χ1) is 9.75.